The molecule has 63 heavy (non-hydrogen) atoms. The first-order valence-electron chi connectivity index (χ1n) is 27.2. The van der Waals surface area contributed by atoms with Gasteiger partial charge in [-0.3, -0.25) is 24.1 Å². The molecule has 0 aromatic heterocycles. The highest BCUT2D eigenvalue weighted by atomic mass is 16.6. The van der Waals surface area contributed by atoms with Gasteiger partial charge in [0.2, 0.25) is 0 Å². The van der Waals surface area contributed by atoms with Crippen molar-refractivity contribution in [1.29, 1.82) is 0 Å². The Labute approximate surface area is 389 Å². The van der Waals surface area contributed by atoms with Crippen LogP contribution in [0.4, 0.5) is 0 Å². The number of nitrogens with zero attached hydrogens (tertiary/aromatic N) is 2. The van der Waals surface area contributed by atoms with Gasteiger partial charge in [-0.1, -0.05) is 168 Å². The monoisotopic (exact) mass is 891 g/mol. The van der Waals surface area contributed by atoms with Gasteiger partial charge in [-0.25, -0.2) is 0 Å². The van der Waals surface area contributed by atoms with Crippen molar-refractivity contribution in [3.05, 3.63) is 0 Å². The van der Waals surface area contributed by atoms with Crippen LogP contribution in [0.1, 0.15) is 265 Å². The van der Waals surface area contributed by atoms with E-state index in [1.54, 1.807) is 0 Å². The average Bonchev–Trinajstić information content (AvgIpc) is 3.26. The summed E-state index contributed by atoms with van der Waals surface area (Å²) in [5.41, 5.74) is 0. The lowest BCUT2D eigenvalue weighted by atomic mass is 9.98. The predicted octanol–water partition coefficient (Wildman–Crippen LogP) is 14.1. The third-order valence-electron chi connectivity index (χ3n) is 13.0. The Balaban J connectivity index is 2.42. The molecule has 0 saturated carbocycles. The maximum absolute atomic E-state index is 13.5. The van der Waals surface area contributed by atoms with Gasteiger partial charge in [0.05, 0.1) is 13.0 Å². The van der Waals surface area contributed by atoms with Crippen molar-refractivity contribution >= 4 is 23.7 Å². The second kappa shape index (κ2) is 42.6. The minimum absolute atomic E-state index is 0.0438. The summed E-state index contributed by atoms with van der Waals surface area (Å²) in [6.07, 6.45) is 40.3. The summed E-state index contributed by atoms with van der Waals surface area (Å²) in [5.74, 6) is -0.101. The van der Waals surface area contributed by atoms with Gasteiger partial charge < -0.3 is 19.1 Å². The van der Waals surface area contributed by atoms with Crippen LogP contribution in [0.25, 0.3) is 0 Å². The molecular formula is C54H102N2O7. The molecule has 2 atom stereocenters. The van der Waals surface area contributed by atoms with E-state index in [1.807, 2.05) is 19.0 Å². The molecule has 0 N–H and O–H groups in total. The summed E-state index contributed by atoms with van der Waals surface area (Å²) in [6, 6.07) is -0.430. The highest BCUT2D eigenvalue weighted by molar-refractivity contribution is 5.78. The number of ether oxygens (including phenoxy) is 3. The van der Waals surface area contributed by atoms with E-state index in [4.69, 9.17) is 14.2 Å². The van der Waals surface area contributed by atoms with Crippen LogP contribution < -0.4 is 0 Å². The average molecular weight is 891 g/mol. The summed E-state index contributed by atoms with van der Waals surface area (Å²) in [6.45, 7) is 9.22. The Kier molecular flexibility index (Phi) is 39.9. The normalized spacial score (nSPS) is 15.6. The quantitative estimate of drug-likeness (QED) is 0.0336. The molecule has 9 nitrogen and oxygen atoms in total. The molecule has 1 saturated heterocycles. The van der Waals surface area contributed by atoms with E-state index < -0.39 is 6.04 Å². The zero-order valence-electron chi connectivity index (χ0n) is 42.2. The lowest BCUT2D eigenvalue weighted by molar-refractivity contribution is -0.161. The Hall–Kier alpha value is -2.00. The number of carbonyl (C=O) groups is 4. The molecule has 0 spiro atoms. The molecule has 0 aromatic carbocycles. The van der Waals surface area contributed by atoms with Gasteiger partial charge in [0, 0.05) is 38.8 Å². The molecule has 0 aromatic rings. The lowest BCUT2D eigenvalue weighted by Crippen LogP contribution is -2.50. The largest absolute Gasteiger partial charge is 0.465 e. The lowest BCUT2D eigenvalue weighted by Gasteiger charge is -2.37. The summed E-state index contributed by atoms with van der Waals surface area (Å²) in [5, 5.41) is 0. The smallest absolute Gasteiger partial charge is 0.323 e. The molecule has 0 amide bonds. The van der Waals surface area contributed by atoms with Gasteiger partial charge in [0.25, 0.3) is 0 Å². The molecule has 9 heteroatoms. The van der Waals surface area contributed by atoms with Crippen LogP contribution >= 0.6 is 0 Å². The summed E-state index contributed by atoms with van der Waals surface area (Å²) >= 11 is 0. The number of hydrogen-bond donors (Lipinski definition) is 0. The van der Waals surface area contributed by atoms with Crippen molar-refractivity contribution in [2.24, 2.45) is 0 Å². The predicted molar refractivity (Wildman–Crippen MR) is 262 cm³/mol. The third kappa shape index (κ3) is 35.9. The second-order valence-corrected chi connectivity index (χ2v) is 19.4. The summed E-state index contributed by atoms with van der Waals surface area (Å²) in [7, 11) is 3.88. The number of hydrogen-bond acceptors (Lipinski definition) is 9. The molecule has 0 radical (unpaired) electrons. The van der Waals surface area contributed by atoms with Crippen LogP contribution in [0, 0.1) is 0 Å². The standard InChI is InChI=1S/C54H102N2O7/c1-6-9-12-15-18-19-20-21-23-29-36-48(57)37-30-28-34-43-56-45-41-50(63-53(59)42-44-55(4)5)47-51(56)54(60)61-46-35-27-22-26-33-40-52(58)62-49(38-31-24-16-13-10-7-2)39-32-25-17-14-11-8-3/h49-51H,6-47H2,1-5H3/t50-,51+/m1/s1. The molecule has 1 fully saturated rings. The molecule has 0 aliphatic carbocycles. The molecule has 1 rings (SSSR count). The number of likely N-dealkylation sites (tertiary alicyclic amines) is 1. The van der Waals surface area contributed by atoms with Crippen molar-refractivity contribution in [3.8, 4) is 0 Å². The van der Waals surface area contributed by atoms with Crippen LogP contribution in [0.15, 0.2) is 0 Å². The Bertz CT molecular complexity index is 1080. The number of Topliss-reactive ketones (excluding diaryl/α,β-unsaturated/α-hetero) is 1. The van der Waals surface area contributed by atoms with Gasteiger partial charge in [-0.15, -0.1) is 0 Å². The molecule has 1 aliphatic rings. The number of rotatable bonds is 45. The summed E-state index contributed by atoms with van der Waals surface area (Å²) < 4.78 is 17.7. The van der Waals surface area contributed by atoms with Crippen molar-refractivity contribution in [3.63, 3.8) is 0 Å². The molecule has 1 aliphatic heterocycles. The first kappa shape index (κ1) is 59.0. The molecule has 0 bridgehead atoms. The van der Waals surface area contributed by atoms with Crippen LogP contribution in [-0.2, 0) is 33.4 Å². The van der Waals surface area contributed by atoms with Crippen molar-refractivity contribution in [2.75, 3.05) is 40.3 Å². The molecule has 370 valence electrons. The van der Waals surface area contributed by atoms with E-state index in [9.17, 15) is 19.2 Å². The first-order chi connectivity index (χ1) is 30.7. The van der Waals surface area contributed by atoms with Gasteiger partial charge >= 0.3 is 17.9 Å². The van der Waals surface area contributed by atoms with Gasteiger partial charge in [-0.2, -0.15) is 0 Å². The maximum Gasteiger partial charge on any atom is 0.323 e. The van der Waals surface area contributed by atoms with Crippen LogP contribution in [0.2, 0.25) is 0 Å². The van der Waals surface area contributed by atoms with E-state index in [0.717, 1.165) is 96.4 Å². The molecular weight excluding hydrogens is 789 g/mol. The number of piperidine rings is 1. The maximum atomic E-state index is 13.5. The fraction of sp³-hybridized carbons (Fsp3) is 0.926. The van der Waals surface area contributed by atoms with E-state index in [-0.39, 0.29) is 30.1 Å². The fourth-order valence-corrected chi connectivity index (χ4v) is 8.89. The number of unbranched alkanes of at least 4 members (excludes halogenated alkanes) is 25. The third-order valence-corrected chi connectivity index (χ3v) is 13.0. The second-order valence-electron chi connectivity index (χ2n) is 19.4. The van der Waals surface area contributed by atoms with E-state index in [0.29, 0.717) is 64.0 Å². The number of ketones is 1. The highest BCUT2D eigenvalue weighted by Crippen LogP contribution is 2.24. The molecule has 0 unspecified atom stereocenters. The minimum atomic E-state index is -0.430. The fourth-order valence-electron chi connectivity index (χ4n) is 8.89. The zero-order valence-corrected chi connectivity index (χ0v) is 42.2. The Morgan fingerprint density at radius 1 is 0.540 bits per heavy atom. The SMILES string of the molecule is CCCCCCCCCCCCC(=O)CCCCCN1CC[C@@H](OC(=O)CCN(C)C)C[C@H]1C(=O)OCCCCCCCC(=O)OC(CCCCCCCC)CCCCCCCC. The van der Waals surface area contributed by atoms with Crippen LogP contribution in [0.5, 0.6) is 0 Å². The number of carbonyl (C=O) groups excluding carboxylic acids is 4. The minimum Gasteiger partial charge on any atom is -0.465 e. The van der Waals surface area contributed by atoms with Crippen molar-refractivity contribution in [1.82, 2.24) is 9.80 Å². The molecule has 1 heterocycles. The van der Waals surface area contributed by atoms with Gasteiger partial charge in [-0.05, 0) is 84.8 Å². The van der Waals surface area contributed by atoms with Crippen LogP contribution in [-0.4, -0.2) is 92.1 Å². The van der Waals surface area contributed by atoms with Crippen molar-refractivity contribution < 1.29 is 33.4 Å². The highest BCUT2D eigenvalue weighted by Gasteiger charge is 2.36. The van der Waals surface area contributed by atoms with Crippen molar-refractivity contribution in [2.45, 2.75) is 283 Å². The van der Waals surface area contributed by atoms with E-state index in [1.165, 1.54) is 116 Å². The zero-order chi connectivity index (χ0) is 46.0. The van der Waals surface area contributed by atoms with Gasteiger partial charge in [0.1, 0.15) is 24.0 Å². The van der Waals surface area contributed by atoms with Crippen LogP contribution in [0.3, 0.4) is 0 Å². The summed E-state index contributed by atoms with van der Waals surface area (Å²) in [4.78, 5) is 55.6. The van der Waals surface area contributed by atoms with E-state index >= 15 is 0 Å². The number of esters is 3. The van der Waals surface area contributed by atoms with Gasteiger partial charge in [0.15, 0.2) is 0 Å². The first-order valence-corrected chi connectivity index (χ1v) is 27.2. The Morgan fingerprint density at radius 3 is 1.52 bits per heavy atom. The topological polar surface area (TPSA) is 102 Å². The van der Waals surface area contributed by atoms with E-state index in [2.05, 4.69) is 25.7 Å². The Morgan fingerprint density at radius 2 is 1.00 bits per heavy atom.